The van der Waals surface area contributed by atoms with Gasteiger partial charge in [0.05, 0.1) is 10.2 Å². The van der Waals surface area contributed by atoms with Crippen LogP contribution in [0.2, 0.25) is 0 Å². The van der Waals surface area contributed by atoms with E-state index in [1.54, 1.807) is 17.4 Å². The number of amides is 1. The van der Waals surface area contributed by atoms with Crippen molar-refractivity contribution < 1.29 is 4.79 Å². The third-order valence-electron chi connectivity index (χ3n) is 3.66. The summed E-state index contributed by atoms with van der Waals surface area (Å²) in [5.74, 6) is -0.245. The van der Waals surface area contributed by atoms with Crippen molar-refractivity contribution in [1.29, 1.82) is 0 Å². The van der Waals surface area contributed by atoms with E-state index < -0.39 is 0 Å². The fraction of sp³-hybridized carbons (Fsp3) is 0.158. The van der Waals surface area contributed by atoms with Gasteiger partial charge in [0, 0.05) is 13.1 Å². The highest BCUT2D eigenvalue weighted by atomic mass is 32.1. The molecular weight excluding hydrogens is 304 g/mol. The molecule has 0 aliphatic heterocycles. The highest BCUT2D eigenvalue weighted by Crippen LogP contribution is 2.22. The number of fused-ring (bicyclic) bond motifs is 1. The molecule has 0 N–H and O–H groups in total. The number of aryl methyl sites for hydroxylation is 3. The predicted octanol–water partition coefficient (Wildman–Crippen LogP) is 4.00. The molecule has 4 heteroatoms. The smallest absolute Gasteiger partial charge is 0.272 e. The van der Waals surface area contributed by atoms with Crippen LogP contribution < -0.4 is 4.80 Å². The predicted molar refractivity (Wildman–Crippen MR) is 96.3 cm³/mol. The van der Waals surface area contributed by atoms with Gasteiger partial charge in [-0.15, -0.1) is 0 Å². The van der Waals surface area contributed by atoms with Gasteiger partial charge in [0.25, 0.3) is 5.91 Å². The van der Waals surface area contributed by atoms with Crippen LogP contribution in [0.3, 0.4) is 0 Å². The monoisotopic (exact) mass is 322 g/mol. The average Bonchev–Trinajstić information content (AvgIpc) is 2.84. The fourth-order valence-electron chi connectivity index (χ4n) is 2.54. The molecule has 0 aliphatic rings. The van der Waals surface area contributed by atoms with Gasteiger partial charge in [-0.1, -0.05) is 47.7 Å². The average molecular weight is 322 g/mol. The maximum absolute atomic E-state index is 12.1. The summed E-state index contributed by atoms with van der Waals surface area (Å²) in [5, 5.41) is 0. The van der Waals surface area contributed by atoms with Crippen LogP contribution in [0, 0.1) is 13.8 Å². The van der Waals surface area contributed by atoms with Crippen molar-refractivity contribution in [1.82, 2.24) is 4.57 Å². The Hall–Kier alpha value is -2.46. The van der Waals surface area contributed by atoms with E-state index in [9.17, 15) is 4.79 Å². The van der Waals surface area contributed by atoms with Crippen LogP contribution in [0.25, 0.3) is 16.3 Å². The third-order valence-corrected chi connectivity index (χ3v) is 4.95. The van der Waals surface area contributed by atoms with E-state index in [1.807, 2.05) is 41.9 Å². The molecule has 116 valence electrons. The van der Waals surface area contributed by atoms with Crippen LogP contribution in [0.4, 0.5) is 0 Å². The molecule has 0 spiro atoms. The van der Waals surface area contributed by atoms with Gasteiger partial charge in [-0.25, -0.2) is 0 Å². The molecule has 3 aromatic rings. The summed E-state index contributed by atoms with van der Waals surface area (Å²) < 4.78 is 3.16. The summed E-state index contributed by atoms with van der Waals surface area (Å²) in [4.78, 5) is 17.1. The molecule has 23 heavy (non-hydrogen) atoms. The van der Waals surface area contributed by atoms with Gasteiger partial charge in [0.1, 0.15) is 0 Å². The van der Waals surface area contributed by atoms with Gasteiger partial charge in [-0.2, -0.15) is 4.99 Å². The highest BCUT2D eigenvalue weighted by molar-refractivity contribution is 7.16. The Morgan fingerprint density at radius 2 is 1.91 bits per heavy atom. The van der Waals surface area contributed by atoms with Gasteiger partial charge >= 0.3 is 0 Å². The zero-order valence-corrected chi connectivity index (χ0v) is 14.2. The van der Waals surface area contributed by atoms with E-state index in [0.29, 0.717) is 0 Å². The molecule has 1 aromatic heterocycles. The molecule has 1 heterocycles. The maximum Gasteiger partial charge on any atom is 0.272 e. The lowest BCUT2D eigenvalue weighted by Gasteiger charge is -2.00. The Bertz CT molecular complexity index is 962. The molecule has 0 radical (unpaired) electrons. The molecule has 0 unspecified atom stereocenters. The topological polar surface area (TPSA) is 34.4 Å². The molecule has 0 saturated heterocycles. The van der Waals surface area contributed by atoms with Gasteiger partial charge in [-0.05, 0) is 42.7 Å². The van der Waals surface area contributed by atoms with Crippen molar-refractivity contribution in [3.63, 3.8) is 0 Å². The Labute approximate surface area is 139 Å². The first-order chi connectivity index (χ1) is 11.0. The fourth-order valence-corrected chi connectivity index (χ4v) is 3.61. The summed E-state index contributed by atoms with van der Waals surface area (Å²) in [6.45, 7) is 4.17. The molecule has 0 saturated carbocycles. The molecular formula is C19H18N2OS. The molecule has 3 nitrogen and oxygen atoms in total. The van der Waals surface area contributed by atoms with Crippen molar-refractivity contribution in [2.24, 2.45) is 12.0 Å². The minimum absolute atomic E-state index is 0.245. The molecule has 1 amide bonds. The Balaban J connectivity index is 1.98. The minimum Gasteiger partial charge on any atom is -0.319 e. The SMILES string of the molecule is Cc1cc(C)c2sc(=NC(=O)/C=C/c3ccccc3)n(C)c2c1. The number of carbonyl (C=O) groups excluding carboxylic acids is 1. The van der Waals surface area contributed by atoms with Crippen LogP contribution in [0.1, 0.15) is 16.7 Å². The summed E-state index contributed by atoms with van der Waals surface area (Å²) in [5.41, 5.74) is 4.54. The number of nitrogens with zero attached hydrogens (tertiary/aromatic N) is 2. The number of rotatable bonds is 2. The number of hydrogen-bond acceptors (Lipinski definition) is 2. The Kier molecular flexibility index (Phi) is 4.26. The lowest BCUT2D eigenvalue weighted by molar-refractivity contribution is -0.113. The molecule has 2 aromatic carbocycles. The quantitative estimate of drug-likeness (QED) is 0.657. The molecule has 3 rings (SSSR count). The van der Waals surface area contributed by atoms with Gasteiger partial charge in [0.2, 0.25) is 0 Å². The zero-order valence-electron chi connectivity index (χ0n) is 13.4. The van der Waals surface area contributed by atoms with Crippen LogP contribution in [-0.2, 0) is 11.8 Å². The van der Waals surface area contributed by atoms with Crippen LogP contribution in [0.15, 0.2) is 53.5 Å². The second-order valence-corrected chi connectivity index (χ2v) is 6.55. The first-order valence-corrected chi connectivity index (χ1v) is 8.25. The van der Waals surface area contributed by atoms with Crippen molar-refractivity contribution in [2.75, 3.05) is 0 Å². The second-order valence-electron chi connectivity index (χ2n) is 5.57. The van der Waals surface area contributed by atoms with Crippen molar-refractivity contribution in [2.45, 2.75) is 13.8 Å². The molecule has 0 fully saturated rings. The Morgan fingerprint density at radius 1 is 1.17 bits per heavy atom. The number of benzene rings is 2. The summed E-state index contributed by atoms with van der Waals surface area (Å²) in [7, 11) is 1.95. The second kappa shape index (κ2) is 6.34. The van der Waals surface area contributed by atoms with E-state index in [0.717, 1.165) is 15.9 Å². The first-order valence-electron chi connectivity index (χ1n) is 7.43. The van der Waals surface area contributed by atoms with Gasteiger partial charge < -0.3 is 4.57 Å². The first kappa shape index (κ1) is 15.4. The third kappa shape index (κ3) is 3.32. The highest BCUT2D eigenvalue weighted by Gasteiger charge is 2.07. The van der Waals surface area contributed by atoms with E-state index in [-0.39, 0.29) is 5.91 Å². The summed E-state index contributed by atoms with van der Waals surface area (Å²) >= 11 is 1.55. The zero-order chi connectivity index (χ0) is 16.4. The molecule has 0 aliphatic carbocycles. The summed E-state index contributed by atoms with van der Waals surface area (Å²) in [6.07, 6.45) is 3.30. The van der Waals surface area contributed by atoms with Crippen molar-refractivity contribution in [3.05, 3.63) is 70.0 Å². The van der Waals surface area contributed by atoms with Gasteiger partial charge in [-0.3, -0.25) is 4.79 Å². The van der Waals surface area contributed by atoms with E-state index in [2.05, 4.69) is 31.0 Å². The maximum atomic E-state index is 12.1. The lowest BCUT2D eigenvalue weighted by Crippen LogP contribution is -2.12. The van der Waals surface area contributed by atoms with Crippen LogP contribution in [-0.4, -0.2) is 10.5 Å². The van der Waals surface area contributed by atoms with Crippen molar-refractivity contribution >= 4 is 33.5 Å². The van der Waals surface area contributed by atoms with Crippen LogP contribution >= 0.6 is 11.3 Å². The normalized spacial score (nSPS) is 12.4. The standard InChI is InChI=1S/C19H18N2OS/c1-13-11-14(2)18-16(12-13)21(3)19(23-18)20-17(22)10-9-15-7-5-4-6-8-15/h4-12H,1-3H3/b10-9+,20-19?. The number of thiazole rings is 1. The van der Waals surface area contributed by atoms with Gasteiger partial charge in [0.15, 0.2) is 4.80 Å². The number of aromatic nitrogens is 1. The van der Waals surface area contributed by atoms with Crippen LogP contribution in [0.5, 0.6) is 0 Å². The van der Waals surface area contributed by atoms with E-state index in [1.165, 1.54) is 21.9 Å². The number of hydrogen-bond donors (Lipinski definition) is 0. The molecule has 0 bridgehead atoms. The summed E-state index contributed by atoms with van der Waals surface area (Å²) in [6, 6.07) is 14.0. The number of carbonyl (C=O) groups is 1. The van der Waals surface area contributed by atoms with E-state index in [4.69, 9.17) is 0 Å². The minimum atomic E-state index is -0.245. The largest absolute Gasteiger partial charge is 0.319 e. The molecule has 0 atom stereocenters. The van der Waals surface area contributed by atoms with Crippen molar-refractivity contribution in [3.8, 4) is 0 Å². The lowest BCUT2D eigenvalue weighted by atomic mass is 10.1. The Morgan fingerprint density at radius 3 is 2.65 bits per heavy atom. The van der Waals surface area contributed by atoms with E-state index >= 15 is 0 Å².